The Morgan fingerprint density at radius 1 is 1.24 bits per heavy atom. The van der Waals surface area contributed by atoms with Gasteiger partial charge in [-0.2, -0.15) is 0 Å². The van der Waals surface area contributed by atoms with Crippen LogP contribution in [-0.2, 0) is 14.8 Å². The molecule has 1 N–H and O–H groups in total. The van der Waals surface area contributed by atoms with Crippen LogP contribution in [0, 0.1) is 0 Å². The summed E-state index contributed by atoms with van der Waals surface area (Å²) in [5.74, 6) is -0.729. The van der Waals surface area contributed by atoms with Crippen molar-refractivity contribution in [3.63, 3.8) is 0 Å². The van der Waals surface area contributed by atoms with Crippen LogP contribution in [0.25, 0.3) is 0 Å². The third-order valence-electron chi connectivity index (χ3n) is 3.51. The minimum atomic E-state index is -3.99. The number of benzene rings is 2. The van der Waals surface area contributed by atoms with Gasteiger partial charge >= 0.3 is 0 Å². The van der Waals surface area contributed by atoms with E-state index >= 15 is 0 Å². The van der Waals surface area contributed by atoms with Crippen molar-refractivity contribution in [2.75, 3.05) is 6.61 Å². The number of carbonyl (C=O) groups excluding carboxylic acids is 1. The number of halogens is 2. The van der Waals surface area contributed by atoms with E-state index in [0.717, 1.165) is 0 Å². The monoisotopic (exact) mass is 445 g/mol. The lowest BCUT2D eigenvalue weighted by atomic mass is 10.0. The number of carbonyl (C=O) groups is 1. The highest BCUT2D eigenvalue weighted by atomic mass is 79.9. The van der Waals surface area contributed by atoms with Crippen molar-refractivity contribution in [1.29, 1.82) is 0 Å². The van der Waals surface area contributed by atoms with Gasteiger partial charge in [0.2, 0.25) is 5.91 Å². The van der Waals surface area contributed by atoms with E-state index in [1.807, 2.05) is 6.92 Å². The molecule has 0 bridgehead atoms. The number of hydrogen-bond donors (Lipinski definition) is 1. The number of ether oxygens (including phenoxy) is 1. The van der Waals surface area contributed by atoms with Crippen LogP contribution in [-0.4, -0.2) is 20.9 Å². The average Bonchev–Trinajstić information content (AvgIpc) is 2.56. The van der Waals surface area contributed by atoms with Gasteiger partial charge < -0.3 is 4.74 Å². The Kier molecular flexibility index (Phi) is 6.48. The smallest absolute Gasteiger partial charge is 0.264 e. The van der Waals surface area contributed by atoms with Gasteiger partial charge in [0, 0.05) is 5.02 Å². The van der Waals surface area contributed by atoms with Gasteiger partial charge in [-0.25, -0.2) is 13.1 Å². The molecule has 0 saturated heterocycles. The summed E-state index contributed by atoms with van der Waals surface area (Å²) in [6.45, 7) is 3.91. The largest absolute Gasteiger partial charge is 0.493 e. The highest BCUT2D eigenvalue weighted by Crippen LogP contribution is 2.28. The Hall–Kier alpha value is -1.57. The van der Waals surface area contributed by atoms with Crippen molar-refractivity contribution in [3.05, 3.63) is 57.5 Å². The molecule has 0 aliphatic carbocycles. The van der Waals surface area contributed by atoms with E-state index in [-0.39, 0.29) is 4.90 Å². The Morgan fingerprint density at radius 2 is 1.88 bits per heavy atom. The lowest BCUT2D eigenvalue weighted by Gasteiger charge is -2.14. The molecule has 0 heterocycles. The van der Waals surface area contributed by atoms with Crippen molar-refractivity contribution < 1.29 is 17.9 Å². The maximum atomic E-state index is 12.4. The molecule has 2 aromatic carbocycles. The van der Waals surface area contributed by atoms with Crippen molar-refractivity contribution >= 4 is 43.5 Å². The minimum Gasteiger partial charge on any atom is -0.493 e. The van der Waals surface area contributed by atoms with E-state index in [1.54, 1.807) is 31.2 Å². The highest BCUT2D eigenvalue weighted by Gasteiger charge is 2.23. The van der Waals surface area contributed by atoms with E-state index in [0.29, 0.717) is 27.4 Å². The van der Waals surface area contributed by atoms with Gasteiger partial charge in [0.25, 0.3) is 10.0 Å². The first-order chi connectivity index (χ1) is 11.7. The molecule has 25 heavy (non-hydrogen) atoms. The third kappa shape index (κ3) is 4.96. The molecule has 2 rings (SSSR count). The number of sulfonamides is 1. The molecule has 2 aromatic rings. The molecular formula is C17H17BrClNO4S. The molecule has 1 unspecified atom stereocenters. The molecule has 1 atom stereocenters. The molecular weight excluding hydrogens is 430 g/mol. The van der Waals surface area contributed by atoms with E-state index in [4.69, 9.17) is 16.3 Å². The number of rotatable bonds is 6. The number of nitrogens with one attached hydrogen (secondary N) is 1. The predicted octanol–water partition coefficient (Wildman–Crippen LogP) is 4.11. The van der Waals surface area contributed by atoms with Gasteiger partial charge in [-0.15, -0.1) is 0 Å². The van der Waals surface area contributed by atoms with Crippen LogP contribution < -0.4 is 9.46 Å². The van der Waals surface area contributed by atoms with E-state index < -0.39 is 21.8 Å². The minimum absolute atomic E-state index is 0.0283. The van der Waals surface area contributed by atoms with Crippen molar-refractivity contribution in [2.24, 2.45) is 0 Å². The summed E-state index contributed by atoms with van der Waals surface area (Å²) in [6.07, 6.45) is 0. The lowest BCUT2D eigenvalue weighted by molar-refractivity contribution is -0.120. The predicted molar refractivity (Wildman–Crippen MR) is 101 cm³/mol. The van der Waals surface area contributed by atoms with Crippen LogP contribution in [0.5, 0.6) is 5.75 Å². The van der Waals surface area contributed by atoms with Crippen LogP contribution in [0.2, 0.25) is 5.02 Å². The molecule has 0 aliphatic heterocycles. The van der Waals surface area contributed by atoms with Crippen LogP contribution in [0.3, 0.4) is 0 Å². The Morgan fingerprint density at radius 3 is 2.44 bits per heavy atom. The van der Waals surface area contributed by atoms with Crippen LogP contribution in [0.4, 0.5) is 0 Å². The summed E-state index contributed by atoms with van der Waals surface area (Å²) in [6, 6.07) is 11.0. The zero-order valence-electron chi connectivity index (χ0n) is 13.6. The molecule has 1 amide bonds. The zero-order chi connectivity index (χ0) is 18.6. The molecule has 5 nitrogen and oxygen atoms in total. The van der Waals surface area contributed by atoms with Gasteiger partial charge in [0.1, 0.15) is 5.75 Å². The second-order valence-corrected chi connectivity index (χ2v) is 8.24. The Bertz CT molecular complexity index is 869. The first-order valence-corrected chi connectivity index (χ1v) is 10.1. The molecule has 8 heteroatoms. The topological polar surface area (TPSA) is 72.5 Å². The van der Waals surface area contributed by atoms with E-state index in [9.17, 15) is 13.2 Å². The fourth-order valence-corrected chi connectivity index (χ4v) is 3.95. The van der Waals surface area contributed by atoms with Gasteiger partial charge in [-0.05, 0) is 65.7 Å². The van der Waals surface area contributed by atoms with Crippen molar-refractivity contribution in [2.45, 2.75) is 24.7 Å². The maximum absolute atomic E-state index is 12.4. The molecule has 0 fully saturated rings. The molecule has 0 saturated carbocycles. The SMILES string of the molecule is CCOc1ccc(S(=O)(=O)NC(=O)C(C)c2ccc(Cl)cc2)cc1Br. The third-order valence-corrected chi connectivity index (χ3v) is 5.73. The summed E-state index contributed by atoms with van der Waals surface area (Å²) in [5, 5.41) is 0.545. The van der Waals surface area contributed by atoms with Crippen LogP contribution in [0.15, 0.2) is 51.8 Å². The summed E-state index contributed by atoms with van der Waals surface area (Å²) < 4.78 is 32.8. The fraction of sp³-hybridized carbons (Fsp3) is 0.235. The quantitative estimate of drug-likeness (QED) is 0.725. The maximum Gasteiger partial charge on any atom is 0.264 e. The lowest BCUT2D eigenvalue weighted by Crippen LogP contribution is -2.33. The van der Waals surface area contributed by atoms with Crippen molar-refractivity contribution in [3.8, 4) is 5.75 Å². The van der Waals surface area contributed by atoms with Gasteiger partial charge in [0.05, 0.1) is 21.9 Å². The number of amides is 1. The fourth-order valence-electron chi connectivity index (χ4n) is 2.10. The summed E-state index contributed by atoms with van der Waals surface area (Å²) in [5.41, 5.74) is 0.671. The van der Waals surface area contributed by atoms with E-state index in [1.165, 1.54) is 18.2 Å². The molecule has 0 spiro atoms. The van der Waals surface area contributed by atoms with Gasteiger partial charge in [-0.1, -0.05) is 23.7 Å². The van der Waals surface area contributed by atoms with Crippen LogP contribution in [0.1, 0.15) is 25.3 Å². The number of hydrogen-bond acceptors (Lipinski definition) is 4. The van der Waals surface area contributed by atoms with Gasteiger partial charge in [-0.3, -0.25) is 4.79 Å². The second kappa shape index (κ2) is 8.21. The highest BCUT2D eigenvalue weighted by molar-refractivity contribution is 9.10. The zero-order valence-corrected chi connectivity index (χ0v) is 16.8. The summed E-state index contributed by atoms with van der Waals surface area (Å²) in [7, 11) is -3.99. The molecule has 134 valence electrons. The Balaban J connectivity index is 2.18. The molecule has 0 aliphatic rings. The van der Waals surface area contributed by atoms with Crippen LogP contribution >= 0.6 is 27.5 Å². The normalized spacial score (nSPS) is 12.5. The molecule has 0 aromatic heterocycles. The van der Waals surface area contributed by atoms with Gasteiger partial charge in [0.15, 0.2) is 0 Å². The first-order valence-electron chi connectivity index (χ1n) is 7.49. The standard InChI is InChI=1S/C17H17BrClNO4S/c1-3-24-16-9-8-14(10-15(16)18)25(22,23)20-17(21)11(2)12-4-6-13(19)7-5-12/h4-11H,3H2,1-2H3,(H,20,21). The first kappa shape index (κ1) is 19.8. The van der Waals surface area contributed by atoms with Crippen molar-refractivity contribution in [1.82, 2.24) is 4.72 Å². The second-order valence-electron chi connectivity index (χ2n) is 5.27. The van der Waals surface area contributed by atoms with E-state index in [2.05, 4.69) is 20.7 Å². The Labute approximate surface area is 160 Å². The average molecular weight is 447 g/mol. The summed E-state index contributed by atoms with van der Waals surface area (Å²) in [4.78, 5) is 12.3. The summed E-state index contributed by atoms with van der Waals surface area (Å²) >= 11 is 9.09. The molecule has 0 radical (unpaired) electrons.